The monoisotopic (exact) mass is 434 g/mol. The van der Waals surface area contributed by atoms with Gasteiger partial charge in [0.05, 0.1) is 6.10 Å². The van der Waals surface area contributed by atoms with Gasteiger partial charge >= 0.3 is 10.4 Å². The fourth-order valence-corrected chi connectivity index (χ4v) is 4.49. The topological polar surface area (TPSA) is 63.6 Å². The van der Waals surface area contributed by atoms with Crippen LogP contribution in [0.15, 0.2) is 0 Å². The van der Waals surface area contributed by atoms with Crippen molar-refractivity contribution >= 4 is 10.4 Å². The molecule has 0 aliphatic carbocycles. The molecule has 1 N–H and O–H groups in total. The molecule has 0 radical (unpaired) electrons. The molecule has 5 heteroatoms. The number of hydrogen-bond acceptors (Lipinski definition) is 3. The van der Waals surface area contributed by atoms with Crippen LogP contribution in [0.2, 0.25) is 0 Å². The van der Waals surface area contributed by atoms with E-state index in [-0.39, 0.29) is 6.10 Å². The van der Waals surface area contributed by atoms with Crippen molar-refractivity contribution in [2.75, 3.05) is 0 Å². The van der Waals surface area contributed by atoms with Gasteiger partial charge in [0.15, 0.2) is 0 Å². The van der Waals surface area contributed by atoms with Crippen molar-refractivity contribution in [1.29, 1.82) is 0 Å². The van der Waals surface area contributed by atoms with E-state index in [0.717, 1.165) is 38.5 Å². The van der Waals surface area contributed by atoms with E-state index in [1.807, 2.05) is 0 Å². The lowest BCUT2D eigenvalue weighted by Gasteiger charge is -2.15. The first-order valence-electron chi connectivity index (χ1n) is 12.6. The summed E-state index contributed by atoms with van der Waals surface area (Å²) in [5.74, 6) is 0. The Bertz CT molecular complexity index is 423. The Labute approximate surface area is 182 Å². The quantitative estimate of drug-likeness (QED) is 0.129. The Morgan fingerprint density at radius 3 is 1.10 bits per heavy atom. The Morgan fingerprint density at radius 1 is 0.552 bits per heavy atom. The van der Waals surface area contributed by atoms with E-state index in [0.29, 0.717) is 0 Å². The lowest BCUT2D eigenvalue weighted by Crippen LogP contribution is -2.18. The summed E-state index contributed by atoms with van der Waals surface area (Å²) in [7, 11) is -4.35. The Kier molecular flexibility index (Phi) is 21.0. The maximum absolute atomic E-state index is 11.1. The predicted molar refractivity (Wildman–Crippen MR) is 125 cm³/mol. The molecule has 0 aromatic rings. The van der Waals surface area contributed by atoms with Gasteiger partial charge in [-0.05, 0) is 12.8 Å². The normalized spacial score (nSPS) is 13.1. The van der Waals surface area contributed by atoms with Gasteiger partial charge in [-0.15, -0.1) is 0 Å². The van der Waals surface area contributed by atoms with Gasteiger partial charge in [0.2, 0.25) is 0 Å². The van der Waals surface area contributed by atoms with E-state index >= 15 is 0 Å². The number of hydrogen-bond donors (Lipinski definition) is 1. The van der Waals surface area contributed by atoms with E-state index in [1.165, 1.54) is 96.3 Å². The van der Waals surface area contributed by atoms with E-state index in [9.17, 15) is 8.42 Å². The zero-order chi connectivity index (χ0) is 21.6. The van der Waals surface area contributed by atoms with Gasteiger partial charge in [0.25, 0.3) is 0 Å². The van der Waals surface area contributed by atoms with Crippen LogP contribution in [0.4, 0.5) is 0 Å². The molecule has 0 amide bonds. The third kappa shape index (κ3) is 24.0. The van der Waals surface area contributed by atoms with Crippen molar-refractivity contribution in [2.45, 2.75) is 155 Å². The molecule has 0 fully saturated rings. The highest BCUT2D eigenvalue weighted by Crippen LogP contribution is 2.18. The smallest absolute Gasteiger partial charge is 0.264 e. The van der Waals surface area contributed by atoms with Gasteiger partial charge in [-0.1, -0.05) is 136 Å². The molecule has 0 saturated carbocycles. The van der Waals surface area contributed by atoms with E-state index < -0.39 is 10.4 Å². The molecule has 1 atom stereocenters. The van der Waals surface area contributed by atoms with E-state index in [4.69, 9.17) is 8.74 Å². The molecule has 0 aliphatic heterocycles. The molecule has 4 nitrogen and oxygen atoms in total. The molecule has 0 rings (SSSR count). The predicted octanol–water partition coefficient (Wildman–Crippen LogP) is 8.41. The maximum Gasteiger partial charge on any atom is 0.397 e. The fourth-order valence-electron chi connectivity index (χ4n) is 3.95. The van der Waals surface area contributed by atoms with Crippen molar-refractivity contribution in [3.8, 4) is 0 Å². The molecule has 176 valence electrons. The van der Waals surface area contributed by atoms with Crippen LogP contribution in [0, 0.1) is 0 Å². The third-order valence-electron chi connectivity index (χ3n) is 5.77. The summed E-state index contributed by atoms with van der Waals surface area (Å²) >= 11 is 0. The Hall–Kier alpha value is -0.130. The van der Waals surface area contributed by atoms with E-state index in [1.54, 1.807) is 0 Å². The van der Waals surface area contributed by atoms with Gasteiger partial charge in [-0.25, -0.2) is 4.18 Å². The van der Waals surface area contributed by atoms with Crippen molar-refractivity contribution in [1.82, 2.24) is 0 Å². The maximum atomic E-state index is 11.1. The zero-order valence-electron chi connectivity index (χ0n) is 19.5. The average Bonchev–Trinajstić information content (AvgIpc) is 2.66. The highest BCUT2D eigenvalue weighted by atomic mass is 32.3. The first-order valence-corrected chi connectivity index (χ1v) is 14.0. The van der Waals surface area contributed by atoms with Crippen LogP contribution >= 0.6 is 0 Å². The lowest BCUT2D eigenvalue weighted by atomic mass is 10.0. The summed E-state index contributed by atoms with van der Waals surface area (Å²) in [6.45, 7) is 4.48. The second kappa shape index (κ2) is 21.1. The molecule has 0 saturated heterocycles. The minimum Gasteiger partial charge on any atom is -0.264 e. The minimum absolute atomic E-state index is 0.358. The lowest BCUT2D eigenvalue weighted by molar-refractivity contribution is 0.157. The molecule has 0 aromatic heterocycles. The summed E-state index contributed by atoms with van der Waals surface area (Å²) in [6, 6.07) is 0. The number of rotatable bonds is 23. The standard InChI is InChI=1S/C24H50O4S/c1-3-5-7-9-11-13-15-17-19-21-23-24(28-29(25,26)27)22-20-18-16-14-12-10-8-6-4-2/h24H,3-23H2,1-2H3,(H,25,26,27). The SMILES string of the molecule is CCCCCCCCCCCCC(CCCCCCCCCCC)OS(=O)(=O)O. The molecular formula is C24H50O4S. The van der Waals surface area contributed by atoms with Crippen molar-refractivity contribution in [3.63, 3.8) is 0 Å². The molecular weight excluding hydrogens is 384 g/mol. The van der Waals surface area contributed by atoms with Crippen molar-refractivity contribution in [2.24, 2.45) is 0 Å². The third-order valence-corrected chi connectivity index (χ3v) is 6.28. The molecule has 0 spiro atoms. The molecule has 0 bridgehead atoms. The summed E-state index contributed by atoms with van der Waals surface area (Å²) in [4.78, 5) is 0. The highest BCUT2D eigenvalue weighted by Gasteiger charge is 2.16. The summed E-state index contributed by atoms with van der Waals surface area (Å²) < 4.78 is 36.2. The molecule has 29 heavy (non-hydrogen) atoms. The summed E-state index contributed by atoms with van der Waals surface area (Å²) in [5, 5.41) is 0. The molecule has 1 unspecified atom stereocenters. The van der Waals surface area contributed by atoms with E-state index in [2.05, 4.69) is 13.8 Å². The Balaban J connectivity index is 3.73. The van der Waals surface area contributed by atoms with Gasteiger partial charge in [-0.3, -0.25) is 4.55 Å². The van der Waals surface area contributed by atoms with Crippen LogP contribution in [0.3, 0.4) is 0 Å². The summed E-state index contributed by atoms with van der Waals surface area (Å²) in [5.41, 5.74) is 0. The van der Waals surface area contributed by atoms with Crippen LogP contribution in [-0.4, -0.2) is 19.1 Å². The van der Waals surface area contributed by atoms with Crippen LogP contribution in [0.5, 0.6) is 0 Å². The molecule has 0 aliphatic rings. The first-order chi connectivity index (χ1) is 14.0. The first kappa shape index (κ1) is 28.9. The average molecular weight is 435 g/mol. The second-order valence-corrected chi connectivity index (χ2v) is 9.78. The second-order valence-electron chi connectivity index (χ2n) is 8.73. The minimum atomic E-state index is -4.35. The van der Waals surface area contributed by atoms with Crippen molar-refractivity contribution in [3.05, 3.63) is 0 Å². The van der Waals surface area contributed by atoms with Crippen LogP contribution < -0.4 is 0 Å². The summed E-state index contributed by atoms with van der Waals surface area (Å²) in [6.07, 6.45) is 24.9. The largest absolute Gasteiger partial charge is 0.397 e. The number of unbranched alkanes of at least 4 members (excludes halogenated alkanes) is 17. The molecule has 0 heterocycles. The van der Waals surface area contributed by atoms with Gasteiger partial charge in [0, 0.05) is 0 Å². The van der Waals surface area contributed by atoms with Gasteiger partial charge in [-0.2, -0.15) is 8.42 Å². The highest BCUT2D eigenvalue weighted by molar-refractivity contribution is 7.80. The van der Waals surface area contributed by atoms with Crippen LogP contribution in [-0.2, 0) is 14.6 Å². The van der Waals surface area contributed by atoms with Crippen molar-refractivity contribution < 1.29 is 17.2 Å². The fraction of sp³-hybridized carbons (Fsp3) is 1.00. The molecule has 0 aromatic carbocycles. The van der Waals surface area contributed by atoms with Crippen LogP contribution in [0.1, 0.15) is 149 Å². The zero-order valence-corrected chi connectivity index (χ0v) is 20.3. The van der Waals surface area contributed by atoms with Gasteiger partial charge in [0.1, 0.15) is 0 Å². The van der Waals surface area contributed by atoms with Crippen LogP contribution in [0.25, 0.3) is 0 Å². The van der Waals surface area contributed by atoms with Gasteiger partial charge < -0.3 is 0 Å². The Morgan fingerprint density at radius 2 is 0.828 bits per heavy atom.